The zero-order valence-corrected chi connectivity index (χ0v) is 16.9. The van der Waals surface area contributed by atoms with E-state index in [-0.39, 0.29) is 11.7 Å². The Hall–Kier alpha value is -3.28. The smallest absolute Gasteiger partial charge is 0.218 e. The molecule has 3 aromatic rings. The third-order valence-corrected chi connectivity index (χ3v) is 5.30. The molecule has 6 heteroatoms. The Kier molecular flexibility index (Phi) is 5.25. The first kappa shape index (κ1) is 19.1. The van der Waals surface area contributed by atoms with Crippen molar-refractivity contribution in [3.05, 3.63) is 71.0 Å². The summed E-state index contributed by atoms with van der Waals surface area (Å²) in [6, 6.07) is 14.0. The predicted octanol–water partition coefficient (Wildman–Crippen LogP) is 3.69. The van der Waals surface area contributed by atoms with Crippen LogP contribution in [0.1, 0.15) is 41.6 Å². The van der Waals surface area contributed by atoms with Crippen molar-refractivity contribution in [3.63, 3.8) is 0 Å². The number of methoxy groups -OCH3 is 1. The quantitative estimate of drug-likeness (QED) is 0.646. The molecule has 29 heavy (non-hydrogen) atoms. The van der Waals surface area contributed by atoms with Crippen LogP contribution in [0.3, 0.4) is 0 Å². The summed E-state index contributed by atoms with van der Waals surface area (Å²) in [7, 11) is 3.49. The van der Waals surface area contributed by atoms with Crippen LogP contribution in [0.4, 0.5) is 0 Å². The number of hydrogen-bond donors (Lipinski definition) is 0. The van der Waals surface area contributed by atoms with Gasteiger partial charge in [-0.2, -0.15) is 5.10 Å². The Bertz CT molecular complexity index is 1070. The molecule has 0 spiro atoms. The molecule has 4 rings (SSSR count). The van der Waals surface area contributed by atoms with E-state index < -0.39 is 0 Å². The van der Waals surface area contributed by atoms with Gasteiger partial charge >= 0.3 is 0 Å². The van der Waals surface area contributed by atoms with E-state index in [0.717, 1.165) is 28.2 Å². The van der Waals surface area contributed by atoms with Crippen molar-refractivity contribution in [2.24, 2.45) is 12.0 Å². The molecule has 0 fully saturated rings. The molecule has 1 aromatic carbocycles. The first-order chi connectivity index (χ1) is 14.1. The number of rotatable bonds is 6. The van der Waals surface area contributed by atoms with E-state index in [4.69, 9.17) is 9.72 Å². The van der Waals surface area contributed by atoms with E-state index in [0.29, 0.717) is 25.3 Å². The molecule has 3 heterocycles. The first-order valence-corrected chi connectivity index (χ1v) is 9.73. The summed E-state index contributed by atoms with van der Waals surface area (Å²) in [4.78, 5) is 22.1. The van der Waals surface area contributed by atoms with Crippen molar-refractivity contribution in [2.45, 2.75) is 32.2 Å². The van der Waals surface area contributed by atoms with Gasteiger partial charge < -0.3 is 4.74 Å². The summed E-state index contributed by atoms with van der Waals surface area (Å²) < 4.78 is 7.23. The Morgan fingerprint density at radius 3 is 2.72 bits per heavy atom. The lowest BCUT2D eigenvalue weighted by atomic mass is 9.94. The minimum Gasteiger partial charge on any atom is -0.481 e. The molecule has 0 aliphatic carbocycles. The van der Waals surface area contributed by atoms with Crippen LogP contribution in [0.2, 0.25) is 0 Å². The summed E-state index contributed by atoms with van der Waals surface area (Å²) in [5.74, 6) is 0.938. The van der Waals surface area contributed by atoms with Gasteiger partial charge in [0.2, 0.25) is 5.90 Å². The van der Waals surface area contributed by atoms with Gasteiger partial charge in [-0.3, -0.25) is 9.48 Å². The third-order valence-electron chi connectivity index (χ3n) is 5.30. The third kappa shape index (κ3) is 3.83. The maximum Gasteiger partial charge on any atom is 0.218 e. The summed E-state index contributed by atoms with van der Waals surface area (Å²) in [6.07, 6.45) is 2.53. The summed E-state index contributed by atoms with van der Waals surface area (Å²) in [6.45, 7) is 2.62. The van der Waals surface area contributed by atoms with Crippen LogP contribution in [0.15, 0.2) is 53.7 Å². The summed E-state index contributed by atoms with van der Waals surface area (Å²) >= 11 is 0. The van der Waals surface area contributed by atoms with Gasteiger partial charge in [-0.15, -0.1) is 0 Å². The molecule has 148 valence electrons. The van der Waals surface area contributed by atoms with Crippen LogP contribution in [0.5, 0.6) is 0 Å². The van der Waals surface area contributed by atoms with Gasteiger partial charge in [0.15, 0.2) is 0 Å². The first-order valence-electron chi connectivity index (χ1n) is 9.73. The lowest BCUT2D eigenvalue weighted by molar-refractivity contribution is -0.118. The number of ketones is 1. The van der Waals surface area contributed by atoms with Gasteiger partial charge in [-0.1, -0.05) is 37.3 Å². The molecule has 0 saturated heterocycles. The second-order valence-electron chi connectivity index (χ2n) is 7.39. The maximum atomic E-state index is 12.8. The minimum absolute atomic E-state index is 0.177. The molecule has 0 unspecified atom stereocenters. The van der Waals surface area contributed by atoms with Crippen molar-refractivity contribution >= 4 is 11.7 Å². The predicted molar refractivity (Wildman–Crippen MR) is 112 cm³/mol. The summed E-state index contributed by atoms with van der Waals surface area (Å²) in [5.41, 5.74) is 5.51. The van der Waals surface area contributed by atoms with Crippen LogP contribution in [-0.4, -0.2) is 33.6 Å². The Labute approximate surface area is 170 Å². The molecule has 0 saturated carbocycles. The highest BCUT2D eigenvalue weighted by Gasteiger charge is 2.26. The lowest BCUT2D eigenvalue weighted by Gasteiger charge is -2.13. The standard InChI is InChI=1S/C23H24N4O2/c1-15(16-7-5-4-6-8-16)11-19(28)13-18-12-17-14-24-23(29-3)21(17)22(26-18)20-9-10-25-27(20)2/h4-10,12,15H,11,13-14H2,1-3H3/t15-/m0/s1. The SMILES string of the molecule is COC1=NCc2cc(CC(=O)C[C@H](C)c3ccccc3)nc(-c3ccnn3C)c21. The van der Waals surface area contributed by atoms with E-state index in [9.17, 15) is 4.79 Å². The number of carbonyl (C=O) groups is 1. The number of aryl methyl sites for hydroxylation is 1. The molecule has 0 bridgehead atoms. The van der Waals surface area contributed by atoms with Crippen molar-refractivity contribution in [2.75, 3.05) is 7.11 Å². The van der Waals surface area contributed by atoms with Crippen LogP contribution >= 0.6 is 0 Å². The Morgan fingerprint density at radius 1 is 1.24 bits per heavy atom. The number of nitrogens with zero attached hydrogens (tertiary/aromatic N) is 4. The Balaban J connectivity index is 1.61. The zero-order chi connectivity index (χ0) is 20.4. The van der Waals surface area contributed by atoms with E-state index in [1.807, 2.05) is 37.4 Å². The van der Waals surface area contributed by atoms with Gasteiger partial charge in [-0.05, 0) is 29.2 Å². The molecule has 1 aliphatic rings. The molecule has 2 aromatic heterocycles. The number of pyridine rings is 1. The highest BCUT2D eigenvalue weighted by molar-refractivity contribution is 6.03. The second kappa shape index (κ2) is 7.99. The van der Waals surface area contributed by atoms with Gasteiger partial charge in [0.25, 0.3) is 0 Å². The normalized spacial score (nSPS) is 13.7. The summed E-state index contributed by atoms with van der Waals surface area (Å²) in [5, 5.41) is 4.26. The number of aliphatic imine (C=N–C) groups is 1. The highest BCUT2D eigenvalue weighted by Crippen LogP contribution is 2.30. The Morgan fingerprint density at radius 2 is 2.03 bits per heavy atom. The number of ether oxygens (including phenoxy) is 1. The number of aromatic nitrogens is 3. The fourth-order valence-electron chi connectivity index (χ4n) is 3.82. The average molecular weight is 388 g/mol. The number of carbonyl (C=O) groups excluding carboxylic acids is 1. The van der Waals surface area contributed by atoms with E-state index >= 15 is 0 Å². The molecule has 6 nitrogen and oxygen atoms in total. The number of fused-ring (bicyclic) bond motifs is 1. The highest BCUT2D eigenvalue weighted by atomic mass is 16.5. The van der Waals surface area contributed by atoms with Gasteiger partial charge in [-0.25, -0.2) is 9.98 Å². The largest absolute Gasteiger partial charge is 0.481 e. The molecule has 1 aliphatic heterocycles. The van der Waals surface area contributed by atoms with E-state index in [1.54, 1.807) is 18.0 Å². The molecule has 0 N–H and O–H groups in total. The van der Waals surface area contributed by atoms with Crippen molar-refractivity contribution in [1.29, 1.82) is 0 Å². The van der Waals surface area contributed by atoms with Gasteiger partial charge in [0.1, 0.15) is 11.5 Å². The van der Waals surface area contributed by atoms with Gasteiger partial charge in [0.05, 0.1) is 24.9 Å². The van der Waals surface area contributed by atoms with Crippen LogP contribution in [-0.2, 0) is 29.5 Å². The van der Waals surface area contributed by atoms with Gasteiger partial charge in [0, 0.05) is 31.8 Å². The second-order valence-corrected chi connectivity index (χ2v) is 7.39. The average Bonchev–Trinajstić information content (AvgIpc) is 3.33. The molecule has 1 atom stereocenters. The number of benzene rings is 1. The number of Topliss-reactive ketones (excluding diaryl/α,β-unsaturated/α-hetero) is 1. The van der Waals surface area contributed by atoms with Crippen LogP contribution < -0.4 is 0 Å². The monoisotopic (exact) mass is 388 g/mol. The maximum absolute atomic E-state index is 12.8. The fourth-order valence-corrected chi connectivity index (χ4v) is 3.82. The fraction of sp³-hybridized carbons (Fsp3) is 0.304. The van der Waals surface area contributed by atoms with E-state index in [1.165, 1.54) is 5.56 Å². The van der Waals surface area contributed by atoms with Crippen LogP contribution in [0, 0.1) is 0 Å². The minimum atomic E-state index is 0.177. The van der Waals surface area contributed by atoms with Crippen molar-refractivity contribution in [3.8, 4) is 11.4 Å². The van der Waals surface area contributed by atoms with E-state index in [2.05, 4.69) is 29.1 Å². The van der Waals surface area contributed by atoms with Crippen LogP contribution in [0.25, 0.3) is 11.4 Å². The van der Waals surface area contributed by atoms with Crippen molar-refractivity contribution in [1.82, 2.24) is 14.8 Å². The zero-order valence-electron chi connectivity index (χ0n) is 16.9. The van der Waals surface area contributed by atoms with Crippen molar-refractivity contribution < 1.29 is 9.53 Å². The molecule has 0 radical (unpaired) electrons. The lowest BCUT2D eigenvalue weighted by Crippen LogP contribution is -2.12. The number of hydrogen-bond acceptors (Lipinski definition) is 5. The molecule has 0 amide bonds. The molecular weight excluding hydrogens is 364 g/mol. The topological polar surface area (TPSA) is 69.4 Å². The molecular formula is C23H24N4O2.